The number of benzene rings is 2. The van der Waals surface area contributed by atoms with Gasteiger partial charge in [0, 0.05) is 18.1 Å². The number of amides is 2. The van der Waals surface area contributed by atoms with E-state index in [0.29, 0.717) is 11.6 Å². The summed E-state index contributed by atoms with van der Waals surface area (Å²) in [6, 6.07) is 13.1. The Morgan fingerprint density at radius 3 is 2.42 bits per heavy atom. The lowest BCUT2D eigenvalue weighted by atomic mass is 10.1. The molecule has 0 aliphatic rings. The third-order valence-electron chi connectivity index (χ3n) is 5.37. The van der Waals surface area contributed by atoms with E-state index in [4.69, 9.17) is 11.6 Å². The second kappa shape index (κ2) is 12.0. The van der Waals surface area contributed by atoms with E-state index in [-0.39, 0.29) is 18.1 Å². The summed E-state index contributed by atoms with van der Waals surface area (Å²) < 4.78 is 26.1. The number of hydrogen-bond donors (Lipinski definition) is 1. The first-order chi connectivity index (χ1) is 15.5. The fraction of sp³-hybridized carbons (Fsp3) is 0.417. The van der Waals surface area contributed by atoms with Gasteiger partial charge in [-0.05, 0) is 49.6 Å². The number of aryl methyl sites for hydroxylation is 1. The first kappa shape index (κ1) is 26.7. The first-order valence-corrected chi connectivity index (χ1v) is 13.1. The maximum atomic E-state index is 13.5. The summed E-state index contributed by atoms with van der Waals surface area (Å²) in [5.41, 5.74) is 2.14. The third kappa shape index (κ3) is 7.75. The predicted octanol–water partition coefficient (Wildman–Crippen LogP) is 3.75. The highest BCUT2D eigenvalue weighted by molar-refractivity contribution is 7.92. The zero-order valence-corrected chi connectivity index (χ0v) is 21.1. The van der Waals surface area contributed by atoms with Gasteiger partial charge in [-0.2, -0.15) is 0 Å². The third-order valence-corrected chi connectivity index (χ3v) is 6.75. The van der Waals surface area contributed by atoms with Gasteiger partial charge in [-0.25, -0.2) is 8.42 Å². The molecule has 33 heavy (non-hydrogen) atoms. The SMILES string of the molecule is CCCCNC(=O)C(C)N(Cc1ccccc1C)C(=O)CN(c1cccc(Cl)c1)S(C)(=O)=O. The van der Waals surface area contributed by atoms with Crippen LogP contribution < -0.4 is 9.62 Å². The van der Waals surface area contributed by atoms with Crippen LogP contribution in [-0.2, 0) is 26.2 Å². The Kier molecular flexibility index (Phi) is 9.73. The summed E-state index contributed by atoms with van der Waals surface area (Å²) >= 11 is 6.05. The fourth-order valence-corrected chi connectivity index (χ4v) is 4.36. The minimum atomic E-state index is -3.78. The molecule has 0 aliphatic carbocycles. The largest absolute Gasteiger partial charge is 0.354 e. The van der Waals surface area contributed by atoms with E-state index in [1.165, 1.54) is 11.0 Å². The van der Waals surface area contributed by atoms with Gasteiger partial charge in [-0.15, -0.1) is 0 Å². The zero-order valence-electron chi connectivity index (χ0n) is 19.5. The van der Waals surface area contributed by atoms with Gasteiger partial charge in [-0.1, -0.05) is 55.3 Å². The van der Waals surface area contributed by atoms with E-state index < -0.39 is 28.5 Å². The van der Waals surface area contributed by atoms with Crippen molar-refractivity contribution in [3.63, 3.8) is 0 Å². The number of anilines is 1. The molecule has 0 spiro atoms. The van der Waals surface area contributed by atoms with Crippen LogP contribution in [0.1, 0.15) is 37.8 Å². The molecule has 7 nitrogen and oxygen atoms in total. The van der Waals surface area contributed by atoms with Crippen molar-refractivity contribution >= 4 is 39.1 Å². The lowest BCUT2D eigenvalue weighted by Crippen LogP contribution is -2.51. The van der Waals surface area contributed by atoms with Crippen LogP contribution >= 0.6 is 11.6 Å². The summed E-state index contributed by atoms with van der Waals surface area (Å²) in [5, 5.41) is 3.22. The second-order valence-electron chi connectivity index (χ2n) is 8.02. The molecule has 9 heteroatoms. The van der Waals surface area contributed by atoms with Crippen molar-refractivity contribution in [3.8, 4) is 0 Å². The Morgan fingerprint density at radius 1 is 1.12 bits per heavy atom. The molecule has 2 rings (SSSR count). The monoisotopic (exact) mass is 493 g/mol. The number of rotatable bonds is 11. The molecule has 0 saturated carbocycles. The van der Waals surface area contributed by atoms with Gasteiger partial charge < -0.3 is 10.2 Å². The van der Waals surface area contributed by atoms with Crippen molar-refractivity contribution in [2.24, 2.45) is 0 Å². The number of halogens is 1. The molecule has 0 aliphatic heterocycles. The highest BCUT2D eigenvalue weighted by atomic mass is 35.5. The van der Waals surface area contributed by atoms with E-state index >= 15 is 0 Å². The van der Waals surface area contributed by atoms with Crippen molar-refractivity contribution in [2.45, 2.75) is 46.2 Å². The topological polar surface area (TPSA) is 86.8 Å². The van der Waals surface area contributed by atoms with Gasteiger partial charge in [0.05, 0.1) is 11.9 Å². The summed E-state index contributed by atoms with van der Waals surface area (Å²) in [6.07, 6.45) is 2.80. The molecular weight excluding hydrogens is 462 g/mol. The molecule has 180 valence electrons. The van der Waals surface area contributed by atoms with Crippen LogP contribution in [-0.4, -0.2) is 50.5 Å². The molecule has 0 saturated heterocycles. The molecule has 0 radical (unpaired) electrons. The Labute approximate surface area is 201 Å². The maximum Gasteiger partial charge on any atom is 0.244 e. The summed E-state index contributed by atoms with van der Waals surface area (Å²) in [6.45, 7) is 5.86. The molecule has 0 fully saturated rings. The molecule has 0 heterocycles. The van der Waals surface area contributed by atoms with E-state index in [0.717, 1.165) is 34.5 Å². The number of sulfonamides is 1. The van der Waals surface area contributed by atoms with E-state index in [9.17, 15) is 18.0 Å². The fourth-order valence-electron chi connectivity index (χ4n) is 3.33. The van der Waals surface area contributed by atoms with E-state index in [1.807, 2.05) is 38.1 Å². The number of carbonyl (C=O) groups is 2. The molecule has 0 bridgehead atoms. The smallest absolute Gasteiger partial charge is 0.244 e. The first-order valence-electron chi connectivity index (χ1n) is 10.9. The molecule has 1 N–H and O–H groups in total. The highest BCUT2D eigenvalue weighted by Gasteiger charge is 2.30. The lowest BCUT2D eigenvalue weighted by Gasteiger charge is -2.32. The minimum Gasteiger partial charge on any atom is -0.354 e. The van der Waals surface area contributed by atoms with Gasteiger partial charge in [0.1, 0.15) is 12.6 Å². The van der Waals surface area contributed by atoms with Crippen LogP contribution in [0.15, 0.2) is 48.5 Å². The van der Waals surface area contributed by atoms with Gasteiger partial charge in [-0.3, -0.25) is 13.9 Å². The zero-order chi connectivity index (χ0) is 24.6. The molecule has 0 aromatic heterocycles. The number of unbranched alkanes of at least 4 members (excludes halogenated alkanes) is 1. The van der Waals surface area contributed by atoms with Gasteiger partial charge >= 0.3 is 0 Å². The van der Waals surface area contributed by atoms with Gasteiger partial charge in [0.15, 0.2) is 0 Å². The van der Waals surface area contributed by atoms with E-state index in [2.05, 4.69) is 5.32 Å². The highest BCUT2D eigenvalue weighted by Crippen LogP contribution is 2.23. The Bertz CT molecular complexity index is 1070. The average Bonchev–Trinajstić information content (AvgIpc) is 2.75. The van der Waals surface area contributed by atoms with Crippen molar-refractivity contribution in [1.82, 2.24) is 10.2 Å². The van der Waals surface area contributed by atoms with Crippen LogP contribution in [0.5, 0.6) is 0 Å². The van der Waals surface area contributed by atoms with Crippen LogP contribution in [0.4, 0.5) is 5.69 Å². The van der Waals surface area contributed by atoms with Gasteiger partial charge in [0.2, 0.25) is 21.8 Å². The molecule has 2 amide bonds. The van der Waals surface area contributed by atoms with E-state index in [1.54, 1.807) is 25.1 Å². The molecule has 2 aromatic rings. The van der Waals surface area contributed by atoms with Crippen molar-refractivity contribution in [3.05, 3.63) is 64.7 Å². The molecule has 1 atom stereocenters. The summed E-state index contributed by atoms with van der Waals surface area (Å²) in [4.78, 5) is 27.7. The second-order valence-corrected chi connectivity index (χ2v) is 10.4. The number of hydrogen-bond acceptors (Lipinski definition) is 4. The normalized spacial score (nSPS) is 12.2. The van der Waals surface area contributed by atoms with Crippen molar-refractivity contribution in [2.75, 3.05) is 23.7 Å². The number of nitrogens with one attached hydrogen (secondary N) is 1. The predicted molar refractivity (Wildman–Crippen MR) is 133 cm³/mol. The number of nitrogens with zero attached hydrogens (tertiary/aromatic N) is 2. The van der Waals surface area contributed by atoms with Crippen LogP contribution in [0.25, 0.3) is 0 Å². The molecule has 1 unspecified atom stereocenters. The van der Waals surface area contributed by atoms with Crippen molar-refractivity contribution in [1.29, 1.82) is 0 Å². The number of carbonyl (C=O) groups excluding carboxylic acids is 2. The quantitative estimate of drug-likeness (QED) is 0.483. The standard InChI is InChI=1S/C24H32ClN3O4S/c1-5-6-14-26-24(30)19(3)27(16-20-11-8-7-10-18(20)2)23(29)17-28(33(4,31)32)22-13-9-12-21(25)15-22/h7-13,15,19H,5-6,14,16-17H2,1-4H3,(H,26,30). The minimum absolute atomic E-state index is 0.182. The van der Waals surface area contributed by atoms with Gasteiger partial charge in [0.25, 0.3) is 0 Å². The average molecular weight is 494 g/mol. The Hall–Kier alpha value is -2.58. The molecule has 2 aromatic carbocycles. The Balaban J connectivity index is 2.36. The van der Waals surface area contributed by atoms with Crippen LogP contribution in [0.2, 0.25) is 5.02 Å². The summed E-state index contributed by atoms with van der Waals surface area (Å²) in [7, 11) is -3.78. The Morgan fingerprint density at radius 2 is 1.82 bits per heavy atom. The van der Waals surface area contributed by atoms with Crippen molar-refractivity contribution < 1.29 is 18.0 Å². The lowest BCUT2D eigenvalue weighted by molar-refractivity contribution is -0.139. The van der Waals surface area contributed by atoms with Crippen LogP contribution in [0.3, 0.4) is 0 Å². The summed E-state index contributed by atoms with van der Waals surface area (Å²) in [5.74, 6) is -0.763. The maximum absolute atomic E-state index is 13.5. The van der Waals surface area contributed by atoms with Crippen LogP contribution in [0, 0.1) is 6.92 Å². The molecular formula is C24H32ClN3O4S.